The Bertz CT molecular complexity index is 1020. The van der Waals surface area contributed by atoms with Gasteiger partial charge in [-0.15, -0.1) is 0 Å². The topological polar surface area (TPSA) is 81.0 Å². The standard InChI is InChI=1S/C21H27N5O2S/c1-17(20-11-12-22-16-24-20)25(2)15-19-14-23-21(29(3,27)28)26(19)13-7-10-18-8-5-4-6-9-18/h4-6,8-9,11-12,14,16-17H,7,10,13,15H2,1-3H3. The van der Waals surface area contributed by atoms with Crippen LogP contribution in [0.5, 0.6) is 0 Å². The van der Waals surface area contributed by atoms with E-state index in [9.17, 15) is 8.42 Å². The maximum atomic E-state index is 12.2. The Hall–Kier alpha value is -2.58. The van der Waals surface area contributed by atoms with Crippen molar-refractivity contribution in [3.05, 3.63) is 72.1 Å². The van der Waals surface area contributed by atoms with Crippen molar-refractivity contribution in [3.63, 3.8) is 0 Å². The number of imidazole rings is 1. The van der Waals surface area contributed by atoms with Gasteiger partial charge in [0.05, 0.1) is 17.6 Å². The number of benzene rings is 1. The molecule has 2 aromatic heterocycles. The SMILES string of the molecule is CC(c1ccncn1)N(C)Cc1cnc(S(C)(=O)=O)n1CCCc1ccccc1. The summed E-state index contributed by atoms with van der Waals surface area (Å²) in [7, 11) is -1.41. The van der Waals surface area contributed by atoms with E-state index in [1.807, 2.05) is 35.9 Å². The van der Waals surface area contributed by atoms with Gasteiger partial charge in [-0.2, -0.15) is 0 Å². The Kier molecular flexibility index (Phi) is 6.76. The van der Waals surface area contributed by atoms with E-state index in [1.165, 1.54) is 18.1 Å². The van der Waals surface area contributed by atoms with Crippen LogP contribution in [0.1, 0.15) is 36.3 Å². The molecule has 1 aromatic carbocycles. The van der Waals surface area contributed by atoms with Crippen LogP contribution < -0.4 is 0 Å². The van der Waals surface area contributed by atoms with Crippen LogP contribution in [-0.2, 0) is 29.3 Å². The van der Waals surface area contributed by atoms with Gasteiger partial charge in [0.1, 0.15) is 6.33 Å². The Morgan fingerprint density at radius 3 is 2.55 bits per heavy atom. The maximum Gasteiger partial charge on any atom is 0.227 e. The highest BCUT2D eigenvalue weighted by atomic mass is 32.2. The van der Waals surface area contributed by atoms with Crippen LogP contribution in [0.3, 0.4) is 0 Å². The zero-order valence-electron chi connectivity index (χ0n) is 17.1. The summed E-state index contributed by atoms with van der Waals surface area (Å²) in [5, 5.41) is 0.128. The smallest absolute Gasteiger partial charge is 0.227 e. The third-order valence-electron chi connectivity index (χ3n) is 5.03. The lowest BCUT2D eigenvalue weighted by Gasteiger charge is -2.24. The molecule has 0 N–H and O–H groups in total. The number of rotatable bonds is 9. The average Bonchev–Trinajstić information content (AvgIpc) is 3.12. The lowest BCUT2D eigenvalue weighted by Crippen LogP contribution is -2.25. The highest BCUT2D eigenvalue weighted by Gasteiger charge is 2.21. The number of hydrogen-bond donors (Lipinski definition) is 0. The van der Waals surface area contributed by atoms with Crippen molar-refractivity contribution in [1.29, 1.82) is 0 Å². The summed E-state index contributed by atoms with van der Waals surface area (Å²) in [5.41, 5.74) is 3.03. The zero-order chi connectivity index (χ0) is 20.9. The van der Waals surface area contributed by atoms with Crippen molar-refractivity contribution in [2.45, 2.75) is 44.1 Å². The lowest BCUT2D eigenvalue weighted by atomic mass is 10.1. The van der Waals surface area contributed by atoms with E-state index in [4.69, 9.17) is 0 Å². The molecule has 0 saturated heterocycles. The minimum Gasteiger partial charge on any atom is -0.318 e. The number of nitrogens with zero attached hydrogens (tertiary/aromatic N) is 5. The van der Waals surface area contributed by atoms with Crippen molar-refractivity contribution >= 4 is 9.84 Å². The summed E-state index contributed by atoms with van der Waals surface area (Å²) in [6.07, 6.45) is 7.86. The van der Waals surface area contributed by atoms with Gasteiger partial charge in [-0.05, 0) is 38.4 Å². The number of hydrogen-bond acceptors (Lipinski definition) is 6. The van der Waals surface area contributed by atoms with Gasteiger partial charge in [0.15, 0.2) is 0 Å². The predicted octanol–water partition coefficient (Wildman–Crippen LogP) is 2.90. The first-order chi connectivity index (χ1) is 13.9. The molecule has 3 aromatic rings. The highest BCUT2D eigenvalue weighted by molar-refractivity contribution is 7.90. The van der Waals surface area contributed by atoms with E-state index in [0.29, 0.717) is 13.1 Å². The molecule has 3 rings (SSSR count). The second-order valence-electron chi connectivity index (χ2n) is 7.27. The molecule has 154 valence electrons. The molecule has 29 heavy (non-hydrogen) atoms. The first-order valence-corrected chi connectivity index (χ1v) is 11.5. The number of sulfone groups is 1. The highest BCUT2D eigenvalue weighted by Crippen LogP contribution is 2.20. The summed E-state index contributed by atoms with van der Waals surface area (Å²) in [6.45, 7) is 3.23. The molecule has 0 bridgehead atoms. The largest absolute Gasteiger partial charge is 0.318 e. The van der Waals surface area contributed by atoms with E-state index in [-0.39, 0.29) is 11.2 Å². The molecule has 0 amide bonds. The molecule has 0 aliphatic rings. The van der Waals surface area contributed by atoms with Gasteiger partial charge in [-0.25, -0.2) is 23.4 Å². The van der Waals surface area contributed by atoms with Crippen molar-refractivity contribution in [2.75, 3.05) is 13.3 Å². The first-order valence-electron chi connectivity index (χ1n) is 9.61. The molecule has 0 aliphatic heterocycles. The van der Waals surface area contributed by atoms with Crippen LogP contribution in [0.25, 0.3) is 0 Å². The summed E-state index contributed by atoms with van der Waals surface area (Å²) in [4.78, 5) is 14.6. The van der Waals surface area contributed by atoms with E-state index in [0.717, 1.165) is 24.2 Å². The molecule has 0 saturated carbocycles. The van der Waals surface area contributed by atoms with Gasteiger partial charge >= 0.3 is 0 Å². The molecular formula is C21H27N5O2S. The van der Waals surface area contributed by atoms with Gasteiger partial charge < -0.3 is 4.57 Å². The monoisotopic (exact) mass is 413 g/mol. The summed E-state index contributed by atoms with van der Waals surface area (Å²) in [6, 6.07) is 12.2. The Morgan fingerprint density at radius 2 is 1.90 bits per heavy atom. The molecule has 8 heteroatoms. The van der Waals surface area contributed by atoms with E-state index in [2.05, 4.69) is 38.9 Å². The molecule has 0 aliphatic carbocycles. The lowest BCUT2D eigenvalue weighted by molar-refractivity contribution is 0.241. The van der Waals surface area contributed by atoms with Gasteiger partial charge in [0.25, 0.3) is 0 Å². The van der Waals surface area contributed by atoms with Gasteiger partial charge in [0, 0.05) is 31.6 Å². The van der Waals surface area contributed by atoms with Gasteiger partial charge in [-0.1, -0.05) is 30.3 Å². The number of aryl methyl sites for hydroxylation is 1. The van der Waals surface area contributed by atoms with Crippen LogP contribution in [0.4, 0.5) is 0 Å². The number of aromatic nitrogens is 4. The van der Waals surface area contributed by atoms with E-state index >= 15 is 0 Å². The maximum absolute atomic E-state index is 12.2. The zero-order valence-corrected chi connectivity index (χ0v) is 17.9. The Morgan fingerprint density at radius 1 is 1.14 bits per heavy atom. The van der Waals surface area contributed by atoms with Crippen molar-refractivity contribution in [3.8, 4) is 0 Å². The quantitative estimate of drug-likeness (QED) is 0.537. The fourth-order valence-electron chi connectivity index (χ4n) is 3.31. The molecule has 1 unspecified atom stereocenters. The Labute approximate surface area is 172 Å². The minimum absolute atomic E-state index is 0.0624. The third-order valence-corrected chi connectivity index (χ3v) is 6.02. The first kappa shape index (κ1) is 21.1. The second-order valence-corrected chi connectivity index (χ2v) is 9.18. The van der Waals surface area contributed by atoms with Crippen molar-refractivity contribution in [2.24, 2.45) is 0 Å². The van der Waals surface area contributed by atoms with Crippen molar-refractivity contribution < 1.29 is 8.42 Å². The molecule has 1 atom stereocenters. The summed E-state index contributed by atoms with van der Waals surface area (Å²) >= 11 is 0. The molecular weight excluding hydrogens is 386 g/mol. The predicted molar refractivity (Wildman–Crippen MR) is 112 cm³/mol. The molecule has 7 nitrogen and oxygen atoms in total. The molecule has 0 radical (unpaired) electrons. The van der Waals surface area contributed by atoms with E-state index < -0.39 is 9.84 Å². The normalized spacial score (nSPS) is 13.0. The fourth-order valence-corrected chi connectivity index (χ4v) is 4.16. The summed E-state index contributed by atoms with van der Waals surface area (Å²) < 4.78 is 26.3. The average molecular weight is 414 g/mol. The third kappa shape index (κ3) is 5.48. The minimum atomic E-state index is -3.40. The molecule has 0 fully saturated rings. The van der Waals surface area contributed by atoms with Gasteiger partial charge in [-0.3, -0.25) is 4.90 Å². The Balaban J connectivity index is 1.76. The fraction of sp³-hybridized carbons (Fsp3) is 0.381. The molecule has 2 heterocycles. The van der Waals surface area contributed by atoms with Crippen LogP contribution >= 0.6 is 0 Å². The van der Waals surface area contributed by atoms with Crippen LogP contribution in [0.15, 0.2) is 60.3 Å². The molecule has 0 spiro atoms. The second kappa shape index (κ2) is 9.28. The van der Waals surface area contributed by atoms with Crippen LogP contribution in [0.2, 0.25) is 0 Å². The summed E-state index contributed by atoms with van der Waals surface area (Å²) in [5.74, 6) is 0. The van der Waals surface area contributed by atoms with Gasteiger partial charge in [0.2, 0.25) is 15.0 Å². The van der Waals surface area contributed by atoms with E-state index in [1.54, 1.807) is 12.4 Å². The van der Waals surface area contributed by atoms with Crippen LogP contribution in [0, 0.1) is 0 Å². The van der Waals surface area contributed by atoms with Crippen molar-refractivity contribution in [1.82, 2.24) is 24.4 Å². The van der Waals surface area contributed by atoms with Crippen LogP contribution in [-0.4, -0.2) is 46.1 Å².